The fourth-order valence-corrected chi connectivity index (χ4v) is 5.70. The standard InChI is InChI=1S/C29H33N7O/c1-18-7-6-8-19(2)25(18)32-26-24-16-30-29(33-27(24)35(3)34-26)31-23-12-11-20-13-14-36(17-22(20)15-23)28(37)21-9-4-5-10-21/h6-8,11-12,15-16,21H,4-5,9-10,13-14,17H2,1-3H3,(H,32,34)(H,30,31,33). The number of nitrogens with zero attached hydrogens (tertiary/aromatic N) is 5. The molecule has 8 nitrogen and oxygen atoms in total. The average Bonchev–Trinajstić information content (AvgIpc) is 3.54. The molecule has 3 heterocycles. The summed E-state index contributed by atoms with van der Waals surface area (Å²) in [6, 6.07) is 12.6. The van der Waals surface area contributed by atoms with Gasteiger partial charge in [-0.05, 0) is 67.5 Å². The lowest BCUT2D eigenvalue weighted by atomic mass is 9.97. The maximum Gasteiger partial charge on any atom is 0.229 e. The number of hydrogen-bond acceptors (Lipinski definition) is 6. The van der Waals surface area contributed by atoms with Crippen LogP contribution in [0.2, 0.25) is 0 Å². The summed E-state index contributed by atoms with van der Waals surface area (Å²) in [5.74, 6) is 1.80. The van der Waals surface area contributed by atoms with Crippen molar-refractivity contribution < 1.29 is 4.79 Å². The summed E-state index contributed by atoms with van der Waals surface area (Å²) >= 11 is 0. The molecule has 0 bridgehead atoms. The molecule has 2 aromatic carbocycles. The lowest BCUT2D eigenvalue weighted by Crippen LogP contribution is -2.39. The predicted octanol–water partition coefficient (Wildman–Crippen LogP) is 5.54. The number of carbonyl (C=O) groups excluding carboxylic acids is 1. The third-order valence-corrected chi connectivity index (χ3v) is 7.80. The smallest absolute Gasteiger partial charge is 0.229 e. The summed E-state index contributed by atoms with van der Waals surface area (Å²) < 4.78 is 1.78. The van der Waals surface area contributed by atoms with Gasteiger partial charge in [-0.25, -0.2) is 9.67 Å². The van der Waals surface area contributed by atoms with Crippen LogP contribution in [0.15, 0.2) is 42.6 Å². The van der Waals surface area contributed by atoms with Gasteiger partial charge in [0, 0.05) is 43.6 Å². The fourth-order valence-electron chi connectivity index (χ4n) is 5.70. The van der Waals surface area contributed by atoms with Gasteiger partial charge in [-0.1, -0.05) is 37.1 Å². The van der Waals surface area contributed by atoms with Gasteiger partial charge < -0.3 is 15.5 Å². The van der Waals surface area contributed by atoms with E-state index < -0.39 is 0 Å². The summed E-state index contributed by atoms with van der Waals surface area (Å²) in [5, 5.41) is 12.4. The second-order valence-electron chi connectivity index (χ2n) is 10.4. The Labute approximate surface area is 217 Å². The first-order valence-corrected chi connectivity index (χ1v) is 13.2. The Bertz CT molecular complexity index is 1470. The molecule has 2 aliphatic rings. The van der Waals surface area contributed by atoms with Crippen molar-refractivity contribution in [3.05, 3.63) is 64.8 Å². The van der Waals surface area contributed by atoms with Crippen LogP contribution in [0.1, 0.15) is 47.9 Å². The summed E-state index contributed by atoms with van der Waals surface area (Å²) in [4.78, 5) is 24.4. The monoisotopic (exact) mass is 495 g/mol. The molecule has 0 saturated heterocycles. The second kappa shape index (κ2) is 9.50. The van der Waals surface area contributed by atoms with Gasteiger partial charge in [-0.15, -0.1) is 0 Å². The molecule has 2 aromatic heterocycles. The zero-order valence-corrected chi connectivity index (χ0v) is 21.7. The summed E-state index contributed by atoms with van der Waals surface area (Å²) in [7, 11) is 1.89. The van der Waals surface area contributed by atoms with Crippen molar-refractivity contribution in [2.45, 2.75) is 52.5 Å². The molecule has 190 valence electrons. The van der Waals surface area contributed by atoms with Gasteiger partial charge in [0.1, 0.15) is 0 Å². The van der Waals surface area contributed by atoms with Gasteiger partial charge in [0.2, 0.25) is 11.9 Å². The minimum absolute atomic E-state index is 0.219. The quantitative estimate of drug-likeness (QED) is 0.378. The molecule has 0 unspecified atom stereocenters. The van der Waals surface area contributed by atoms with Crippen molar-refractivity contribution in [1.29, 1.82) is 0 Å². The van der Waals surface area contributed by atoms with Crippen molar-refractivity contribution in [2.24, 2.45) is 13.0 Å². The number of amides is 1. The summed E-state index contributed by atoms with van der Waals surface area (Å²) in [5.41, 5.74) is 7.56. The highest BCUT2D eigenvalue weighted by Crippen LogP contribution is 2.31. The summed E-state index contributed by atoms with van der Waals surface area (Å²) in [6.07, 6.45) is 7.16. The highest BCUT2D eigenvalue weighted by molar-refractivity contribution is 5.90. The van der Waals surface area contributed by atoms with Crippen LogP contribution in [0.4, 0.5) is 23.1 Å². The Morgan fingerprint density at radius 1 is 1.03 bits per heavy atom. The molecule has 0 atom stereocenters. The molecule has 1 saturated carbocycles. The Hall–Kier alpha value is -3.94. The van der Waals surface area contributed by atoms with E-state index >= 15 is 0 Å². The summed E-state index contributed by atoms with van der Waals surface area (Å²) in [6.45, 7) is 5.66. The van der Waals surface area contributed by atoms with Crippen LogP contribution in [-0.2, 0) is 24.8 Å². The van der Waals surface area contributed by atoms with Gasteiger partial charge in [-0.3, -0.25) is 4.79 Å². The van der Waals surface area contributed by atoms with Crippen molar-refractivity contribution >= 4 is 40.1 Å². The average molecular weight is 496 g/mol. The molecule has 2 N–H and O–H groups in total. The number of carbonyl (C=O) groups is 1. The number of nitrogens with one attached hydrogen (secondary N) is 2. The normalized spacial score (nSPS) is 15.7. The highest BCUT2D eigenvalue weighted by Gasteiger charge is 2.29. The Morgan fingerprint density at radius 3 is 2.59 bits per heavy atom. The van der Waals surface area contributed by atoms with E-state index in [2.05, 4.69) is 71.0 Å². The van der Waals surface area contributed by atoms with Gasteiger partial charge in [0.25, 0.3) is 0 Å². The van der Waals surface area contributed by atoms with E-state index in [1.54, 1.807) is 4.68 Å². The molecule has 8 heteroatoms. The van der Waals surface area contributed by atoms with E-state index in [1.165, 1.54) is 24.0 Å². The van der Waals surface area contributed by atoms with E-state index in [0.29, 0.717) is 18.4 Å². The van der Waals surface area contributed by atoms with Crippen molar-refractivity contribution in [1.82, 2.24) is 24.6 Å². The van der Waals surface area contributed by atoms with Crippen LogP contribution in [0.3, 0.4) is 0 Å². The van der Waals surface area contributed by atoms with Crippen LogP contribution >= 0.6 is 0 Å². The first-order valence-electron chi connectivity index (χ1n) is 13.2. The van der Waals surface area contributed by atoms with Crippen LogP contribution < -0.4 is 10.6 Å². The minimum Gasteiger partial charge on any atom is -0.338 e. The highest BCUT2D eigenvalue weighted by atomic mass is 16.2. The van der Waals surface area contributed by atoms with Gasteiger partial charge in [0.05, 0.1) is 5.39 Å². The number of benzene rings is 2. The molecule has 1 amide bonds. The van der Waals surface area contributed by atoms with Gasteiger partial charge >= 0.3 is 0 Å². The number of fused-ring (bicyclic) bond motifs is 2. The molecule has 4 aromatic rings. The molecule has 1 aliphatic heterocycles. The van der Waals surface area contributed by atoms with Crippen LogP contribution in [0.25, 0.3) is 11.0 Å². The van der Waals surface area contributed by atoms with E-state index in [4.69, 9.17) is 4.98 Å². The number of rotatable bonds is 5. The lowest BCUT2D eigenvalue weighted by molar-refractivity contribution is -0.136. The zero-order valence-electron chi connectivity index (χ0n) is 21.7. The Balaban J connectivity index is 1.22. The van der Waals surface area contributed by atoms with Crippen LogP contribution in [0.5, 0.6) is 0 Å². The SMILES string of the molecule is Cc1cccc(C)c1Nc1nn(C)c2nc(Nc3ccc4c(c3)CN(C(=O)C3CCCC3)CC4)ncc12. The zero-order chi connectivity index (χ0) is 25.5. The third kappa shape index (κ3) is 4.52. The number of anilines is 4. The Morgan fingerprint density at radius 2 is 1.81 bits per heavy atom. The molecule has 0 spiro atoms. The molecule has 1 fully saturated rings. The first kappa shape index (κ1) is 23.5. The molecular formula is C29H33N7O. The number of para-hydroxylation sites is 1. The van der Waals surface area contributed by atoms with E-state index in [1.807, 2.05) is 18.1 Å². The number of hydrogen-bond donors (Lipinski definition) is 2. The van der Waals surface area contributed by atoms with Crippen LogP contribution in [-0.4, -0.2) is 37.1 Å². The molecule has 6 rings (SSSR count). The molecular weight excluding hydrogens is 462 g/mol. The van der Waals surface area contributed by atoms with Gasteiger partial charge in [-0.2, -0.15) is 10.1 Å². The molecule has 0 radical (unpaired) electrons. The third-order valence-electron chi connectivity index (χ3n) is 7.80. The van der Waals surface area contributed by atoms with Crippen molar-refractivity contribution in [2.75, 3.05) is 17.2 Å². The maximum absolute atomic E-state index is 13.0. The predicted molar refractivity (Wildman–Crippen MR) is 146 cm³/mol. The number of aromatic nitrogens is 4. The van der Waals surface area contributed by atoms with E-state index in [9.17, 15) is 4.79 Å². The minimum atomic E-state index is 0.219. The van der Waals surface area contributed by atoms with E-state index in [-0.39, 0.29) is 5.92 Å². The molecule has 37 heavy (non-hydrogen) atoms. The fraction of sp³-hybridized carbons (Fsp3) is 0.379. The number of aryl methyl sites for hydroxylation is 3. The van der Waals surface area contributed by atoms with Crippen molar-refractivity contribution in [3.63, 3.8) is 0 Å². The van der Waals surface area contributed by atoms with Crippen LogP contribution in [0, 0.1) is 19.8 Å². The first-order chi connectivity index (χ1) is 18.0. The lowest BCUT2D eigenvalue weighted by Gasteiger charge is -2.31. The molecule has 1 aliphatic carbocycles. The second-order valence-corrected chi connectivity index (χ2v) is 10.4. The Kier molecular flexibility index (Phi) is 6.02. The van der Waals surface area contributed by atoms with E-state index in [0.717, 1.165) is 65.2 Å². The topological polar surface area (TPSA) is 88.0 Å². The maximum atomic E-state index is 13.0. The largest absolute Gasteiger partial charge is 0.338 e. The van der Waals surface area contributed by atoms with Crippen molar-refractivity contribution in [3.8, 4) is 0 Å². The van der Waals surface area contributed by atoms with Gasteiger partial charge in [0.15, 0.2) is 11.5 Å².